The molecule has 1 unspecified atom stereocenters. The van der Waals surface area contributed by atoms with Crippen LogP contribution in [-0.2, 0) is 13.0 Å². The van der Waals surface area contributed by atoms with Gasteiger partial charge >= 0.3 is 0 Å². The van der Waals surface area contributed by atoms with Gasteiger partial charge in [-0.1, -0.05) is 30.3 Å². The molecule has 0 amide bonds. The predicted molar refractivity (Wildman–Crippen MR) is 138 cm³/mol. The number of guanidine groups is 1. The van der Waals surface area contributed by atoms with Crippen LogP contribution >= 0.6 is 24.0 Å². The van der Waals surface area contributed by atoms with Crippen LogP contribution in [0.4, 0.5) is 0 Å². The lowest BCUT2D eigenvalue weighted by Gasteiger charge is -2.31. The molecule has 1 aromatic carbocycles. The first-order valence-corrected chi connectivity index (χ1v) is 11.2. The molecule has 0 aliphatic carbocycles. The van der Waals surface area contributed by atoms with Crippen LogP contribution in [0.3, 0.4) is 0 Å². The zero-order valence-corrected chi connectivity index (χ0v) is 21.7. The molecule has 3 rings (SSSR count). The third-order valence-electron chi connectivity index (χ3n) is 6.01. The second-order valence-electron chi connectivity index (χ2n) is 8.49. The molecule has 31 heavy (non-hydrogen) atoms. The minimum Gasteiger partial charge on any atom is -0.444 e. The molecule has 1 aliphatic heterocycles. The largest absolute Gasteiger partial charge is 0.444 e. The molecule has 1 atom stereocenters. The van der Waals surface area contributed by atoms with Crippen molar-refractivity contribution in [3.05, 3.63) is 53.2 Å². The number of piperidine rings is 1. The number of benzene rings is 1. The Morgan fingerprint density at radius 2 is 1.94 bits per heavy atom. The fraction of sp³-hybridized carbons (Fsp3) is 0.583. The molecule has 0 bridgehead atoms. The van der Waals surface area contributed by atoms with Crippen LogP contribution in [0.1, 0.15) is 49.1 Å². The SMILES string of the molecule is CN=C(NCC1CCN(Cc2nc(C)c(C)o2)CC1)NC(C)CCc1ccccc1.I. The number of oxazole rings is 1. The molecule has 1 aliphatic rings. The summed E-state index contributed by atoms with van der Waals surface area (Å²) >= 11 is 0. The maximum absolute atomic E-state index is 5.73. The standard InChI is InChI=1S/C24H37N5O.HI/c1-18(10-11-21-8-6-5-7-9-21)27-24(25-4)26-16-22-12-14-29(15-13-22)17-23-28-19(2)20(3)30-23;/h5-9,18,22H,10-17H2,1-4H3,(H2,25,26,27);1H. The van der Waals surface area contributed by atoms with Gasteiger partial charge in [-0.3, -0.25) is 9.89 Å². The van der Waals surface area contributed by atoms with Crippen LogP contribution < -0.4 is 10.6 Å². The van der Waals surface area contributed by atoms with Crippen LogP contribution in [0.25, 0.3) is 0 Å². The summed E-state index contributed by atoms with van der Waals surface area (Å²) in [4.78, 5) is 11.4. The molecule has 0 radical (unpaired) electrons. The number of hydrogen-bond acceptors (Lipinski definition) is 4. The minimum atomic E-state index is 0. The van der Waals surface area contributed by atoms with E-state index in [-0.39, 0.29) is 24.0 Å². The lowest BCUT2D eigenvalue weighted by atomic mass is 9.97. The van der Waals surface area contributed by atoms with E-state index in [1.54, 1.807) is 0 Å². The topological polar surface area (TPSA) is 65.7 Å². The minimum absolute atomic E-state index is 0. The summed E-state index contributed by atoms with van der Waals surface area (Å²) in [5.41, 5.74) is 2.39. The van der Waals surface area contributed by atoms with Crippen LogP contribution in [-0.4, -0.2) is 48.6 Å². The van der Waals surface area contributed by atoms with Crippen molar-refractivity contribution in [2.24, 2.45) is 10.9 Å². The van der Waals surface area contributed by atoms with E-state index in [4.69, 9.17) is 4.42 Å². The second-order valence-corrected chi connectivity index (χ2v) is 8.49. The van der Waals surface area contributed by atoms with Gasteiger partial charge in [0, 0.05) is 19.6 Å². The molecule has 0 spiro atoms. The predicted octanol–water partition coefficient (Wildman–Crippen LogP) is 4.31. The van der Waals surface area contributed by atoms with Crippen molar-refractivity contribution in [2.75, 3.05) is 26.7 Å². The first-order valence-electron chi connectivity index (χ1n) is 11.2. The zero-order chi connectivity index (χ0) is 21.3. The Hall–Kier alpha value is -1.61. The Morgan fingerprint density at radius 3 is 2.55 bits per heavy atom. The third kappa shape index (κ3) is 8.44. The lowest BCUT2D eigenvalue weighted by molar-refractivity contribution is 0.164. The summed E-state index contributed by atoms with van der Waals surface area (Å²) in [7, 11) is 1.85. The molecule has 2 N–H and O–H groups in total. The third-order valence-corrected chi connectivity index (χ3v) is 6.01. The fourth-order valence-electron chi connectivity index (χ4n) is 3.92. The maximum Gasteiger partial charge on any atom is 0.208 e. The van der Waals surface area contributed by atoms with Gasteiger partial charge < -0.3 is 15.1 Å². The number of aliphatic imine (C=N–C) groups is 1. The Labute approximate surface area is 204 Å². The van der Waals surface area contributed by atoms with Crippen molar-refractivity contribution < 1.29 is 4.42 Å². The van der Waals surface area contributed by atoms with Gasteiger partial charge in [-0.15, -0.1) is 24.0 Å². The normalized spacial score (nSPS) is 16.6. The molecule has 7 heteroatoms. The van der Waals surface area contributed by atoms with Crippen molar-refractivity contribution in [3.63, 3.8) is 0 Å². The molecule has 0 saturated carbocycles. The molecule has 6 nitrogen and oxygen atoms in total. The van der Waals surface area contributed by atoms with Crippen LogP contribution in [0.5, 0.6) is 0 Å². The smallest absolute Gasteiger partial charge is 0.208 e. The van der Waals surface area contributed by atoms with E-state index >= 15 is 0 Å². The second kappa shape index (κ2) is 13.1. The highest BCUT2D eigenvalue weighted by Gasteiger charge is 2.21. The van der Waals surface area contributed by atoms with Gasteiger partial charge in [0.1, 0.15) is 5.76 Å². The average Bonchev–Trinajstić information content (AvgIpc) is 3.08. The number of aromatic nitrogens is 1. The summed E-state index contributed by atoms with van der Waals surface area (Å²) in [5.74, 6) is 3.35. The quantitative estimate of drug-likeness (QED) is 0.298. The van der Waals surface area contributed by atoms with E-state index in [9.17, 15) is 0 Å². The van der Waals surface area contributed by atoms with Gasteiger partial charge in [-0.2, -0.15) is 0 Å². The monoisotopic (exact) mass is 539 g/mol. The van der Waals surface area contributed by atoms with E-state index in [1.807, 2.05) is 20.9 Å². The van der Waals surface area contributed by atoms with Crippen molar-refractivity contribution in [2.45, 2.75) is 59.0 Å². The van der Waals surface area contributed by atoms with Crippen molar-refractivity contribution >= 4 is 29.9 Å². The highest BCUT2D eigenvalue weighted by molar-refractivity contribution is 14.0. The maximum atomic E-state index is 5.73. The molecule has 1 aromatic heterocycles. The Morgan fingerprint density at radius 1 is 1.23 bits per heavy atom. The van der Waals surface area contributed by atoms with E-state index < -0.39 is 0 Å². The van der Waals surface area contributed by atoms with Gasteiger partial charge in [0.25, 0.3) is 0 Å². The molecule has 172 valence electrons. The van der Waals surface area contributed by atoms with Crippen LogP contribution in [0.15, 0.2) is 39.7 Å². The molecule has 1 saturated heterocycles. The number of aryl methyl sites for hydroxylation is 3. The van der Waals surface area contributed by atoms with E-state index in [2.05, 4.69) is 62.8 Å². The Kier molecular flexibility index (Phi) is 10.8. The zero-order valence-electron chi connectivity index (χ0n) is 19.4. The average molecular weight is 540 g/mol. The van der Waals surface area contributed by atoms with E-state index in [0.29, 0.717) is 12.0 Å². The summed E-state index contributed by atoms with van der Waals surface area (Å²) in [6, 6.07) is 11.0. The highest BCUT2D eigenvalue weighted by atomic mass is 127. The molecular formula is C24H38IN5O. The van der Waals surface area contributed by atoms with Gasteiger partial charge in [-0.25, -0.2) is 4.98 Å². The van der Waals surface area contributed by atoms with Crippen molar-refractivity contribution in [3.8, 4) is 0 Å². The Bertz CT molecular complexity index is 780. The summed E-state index contributed by atoms with van der Waals surface area (Å²) in [6.45, 7) is 10.2. The number of rotatable bonds is 8. The van der Waals surface area contributed by atoms with Gasteiger partial charge in [-0.05, 0) is 71.0 Å². The molecule has 1 fully saturated rings. The van der Waals surface area contributed by atoms with Gasteiger partial charge in [0.15, 0.2) is 5.96 Å². The van der Waals surface area contributed by atoms with Gasteiger partial charge in [0.05, 0.1) is 12.2 Å². The number of nitrogens with zero attached hydrogens (tertiary/aromatic N) is 3. The molecular weight excluding hydrogens is 501 g/mol. The number of likely N-dealkylation sites (tertiary alicyclic amines) is 1. The fourth-order valence-corrected chi connectivity index (χ4v) is 3.92. The van der Waals surface area contributed by atoms with Gasteiger partial charge in [0.2, 0.25) is 5.89 Å². The van der Waals surface area contributed by atoms with E-state index in [0.717, 1.165) is 62.3 Å². The van der Waals surface area contributed by atoms with Crippen molar-refractivity contribution in [1.29, 1.82) is 0 Å². The highest BCUT2D eigenvalue weighted by Crippen LogP contribution is 2.19. The summed E-state index contributed by atoms with van der Waals surface area (Å²) in [5, 5.41) is 7.07. The number of hydrogen-bond donors (Lipinski definition) is 2. The Balaban J connectivity index is 0.00000341. The first-order chi connectivity index (χ1) is 14.5. The first kappa shape index (κ1) is 25.6. The molecule has 2 heterocycles. The summed E-state index contributed by atoms with van der Waals surface area (Å²) < 4.78 is 5.73. The van der Waals surface area contributed by atoms with Crippen molar-refractivity contribution in [1.82, 2.24) is 20.5 Å². The number of halogens is 1. The van der Waals surface area contributed by atoms with Crippen LogP contribution in [0.2, 0.25) is 0 Å². The number of nitrogens with one attached hydrogen (secondary N) is 2. The van der Waals surface area contributed by atoms with Crippen LogP contribution in [0, 0.1) is 19.8 Å². The summed E-state index contributed by atoms with van der Waals surface area (Å²) in [6.07, 6.45) is 4.54. The molecule has 2 aromatic rings. The lowest BCUT2D eigenvalue weighted by Crippen LogP contribution is -2.45. The van der Waals surface area contributed by atoms with E-state index in [1.165, 1.54) is 18.4 Å².